The maximum atomic E-state index is 5.45. The third kappa shape index (κ3) is 9.89. The molecule has 0 radical (unpaired) electrons. The molecule has 0 bridgehead atoms. The van der Waals surface area contributed by atoms with Gasteiger partial charge in [0, 0.05) is 0 Å². The fourth-order valence-corrected chi connectivity index (χ4v) is 2.01. The van der Waals surface area contributed by atoms with Crippen LogP contribution in [-0.4, -0.2) is 6.61 Å². The quantitative estimate of drug-likeness (QED) is 0.584. The van der Waals surface area contributed by atoms with E-state index in [0.29, 0.717) is 0 Å². The molecule has 0 fully saturated rings. The van der Waals surface area contributed by atoms with Crippen molar-refractivity contribution in [1.82, 2.24) is 0 Å². The zero-order chi connectivity index (χ0) is 15.4. The van der Waals surface area contributed by atoms with Gasteiger partial charge in [0.1, 0.15) is 5.75 Å². The second-order valence-electron chi connectivity index (χ2n) is 5.99. The predicted molar refractivity (Wildman–Crippen MR) is 90.5 cm³/mol. The van der Waals surface area contributed by atoms with Gasteiger partial charge < -0.3 is 4.74 Å². The third-order valence-corrected chi connectivity index (χ3v) is 3.38. The van der Waals surface area contributed by atoms with Gasteiger partial charge in [0.15, 0.2) is 0 Å². The van der Waals surface area contributed by atoms with Crippen molar-refractivity contribution in [3.8, 4) is 5.75 Å². The molecule has 0 saturated heterocycles. The van der Waals surface area contributed by atoms with Gasteiger partial charge in [-0.2, -0.15) is 0 Å². The SMILES string of the molecule is CCC(C)CC(C)C.CCCOc1ccc(CC)cc1. The molecule has 1 unspecified atom stereocenters. The van der Waals surface area contributed by atoms with Crippen molar-refractivity contribution in [2.45, 2.75) is 67.2 Å². The summed E-state index contributed by atoms with van der Waals surface area (Å²) in [5.41, 5.74) is 1.36. The zero-order valence-electron chi connectivity index (χ0n) is 14.4. The summed E-state index contributed by atoms with van der Waals surface area (Å²) in [4.78, 5) is 0. The van der Waals surface area contributed by atoms with Gasteiger partial charge in [-0.05, 0) is 48.8 Å². The zero-order valence-corrected chi connectivity index (χ0v) is 14.4. The highest BCUT2D eigenvalue weighted by molar-refractivity contribution is 5.27. The molecule has 1 aromatic rings. The summed E-state index contributed by atoms with van der Waals surface area (Å²) in [5, 5.41) is 0. The summed E-state index contributed by atoms with van der Waals surface area (Å²) < 4.78 is 5.45. The lowest BCUT2D eigenvalue weighted by molar-refractivity contribution is 0.317. The fraction of sp³-hybridized carbons (Fsp3) is 0.684. The lowest BCUT2D eigenvalue weighted by atomic mass is 9.97. The summed E-state index contributed by atoms with van der Waals surface area (Å²) >= 11 is 0. The first-order valence-corrected chi connectivity index (χ1v) is 8.25. The molecule has 20 heavy (non-hydrogen) atoms. The lowest BCUT2D eigenvalue weighted by Gasteiger charge is -2.09. The summed E-state index contributed by atoms with van der Waals surface area (Å²) in [6.45, 7) is 14.2. The number of hydrogen-bond acceptors (Lipinski definition) is 1. The minimum atomic E-state index is 0.811. The van der Waals surface area contributed by atoms with Crippen LogP contribution >= 0.6 is 0 Å². The van der Waals surface area contributed by atoms with E-state index >= 15 is 0 Å². The predicted octanol–water partition coefficient (Wildman–Crippen LogP) is 6.12. The van der Waals surface area contributed by atoms with E-state index in [-0.39, 0.29) is 0 Å². The van der Waals surface area contributed by atoms with Gasteiger partial charge in [-0.3, -0.25) is 0 Å². The summed E-state index contributed by atoms with van der Waals surface area (Å²) in [5.74, 6) is 2.79. The Morgan fingerprint density at radius 2 is 1.55 bits per heavy atom. The number of aryl methyl sites for hydroxylation is 1. The lowest BCUT2D eigenvalue weighted by Crippen LogP contribution is -1.97. The standard InChI is InChI=1S/C11H16O.C8H18/c1-3-9-12-11-7-5-10(4-2)6-8-11;1-5-8(4)6-7(2)3/h5-8H,3-4,9H2,1-2H3;7-8H,5-6H2,1-4H3. The first-order chi connectivity index (χ1) is 9.53. The van der Waals surface area contributed by atoms with Crippen LogP contribution in [0.25, 0.3) is 0 Å². The van der Waals surface area contributed by atoms with E-state index in [1.54, 1.807) is 0 Å². The first-order valence-electron chi connectivity index (χ1n) is 8.25. The minimum Gasteiger partial charge on any atom is -0.494 e. The Hall–Kier alpha value is -0.980. The molecule has 0 N–H and O–H groups in total. The van der Waals surface area contributed by atoms with Crippen molar-refractivity contribution in [1.29, 1.82) is 0 Å². The minimum absolute atomic E-state index is 0.811. The molecule has 1 atom stereocenters. The molecule has 0 aliphatic carbocycles. The van der Waals surface area contributed by atoms with Crippen LogP contribution in [0.3, 0.4) is 0 Å². The van der Waals surface area contributed by atoms with E-state index < -0.39 is 0 Å². The summed E-state index contributed by atoms with van der Waals surface area (Å²) in [6.07, 6.45) is 4.87. The van der Waals surface area contributed by atoms with Gasteiger partial charge in [-0.1, -0.05) is 60.1 Å². The summed E-state index contributed by atoms with van der Waals surface area (Å²) in [6, 6.07) is 8.30. The highest BCUT2D eigenvalue weighted by Crippen LogP contribution is 2.13. The Balaban J connectivity index is 0.000000396. The molecule has 116 valence electrons. The van der Waals surface area contributed by atoms with Crippen LogP contribution in [0.5, 0.6) is 5.75 Å². The molecule has 0 amide bonds. The molecule has 0 saturated carbocycles. The Morgan fingerprint density at radius 3 is 1.90 bits per heavy atom. The van der Waals surface area contributed by atoms with Gasteiger partial charge in [0.2, 0.25) is 0 Å². The van der Waals surface area contributed by atoms with Crippen molar-refractivity contribution in [3.63, 3.8) is 0 Å². The van der Waals surface area contributed by atoms with E-state index in [9.17, 15) is 0 Å². The van der Waals surface area contributed by atoms with Crippen LogP contribution in [0.4, 0.5) is 0 Å². The second-order valence-corrected chi connectivity index (χ2v) is 5.99. The highest BCUT2D eigenvalue weighted by Gasteiger charge is 2.00. The molecule has 0 heterocycles. The fourth-order valence-electron chi connectivity index (χ4n) is 2.01. The maximum Gasteiger partial charge on any atom is 0.119 e. The second kappa shape index (κ2) is 11.8. The van der Waals surface area contributed by atoms with E-state index in [1.165, 1.54) is 18.4 Å². The highest BCUT2D eigenvalue weighted by atomic mass is 16.5. The Labute approximate surface area is 126 Å². The van der Waals surface area contributed by atoms with Crippen molar-refractivity contribution < 1.29 is 4.74 Å². The van der Waals surface area contributed by atoms with Crippen LogP contribution in [-0.2, 0) is 6.42 Å². The van der Waals surface area contributed by atoms with Gasteiger partial charge in [-0.15, -0.1) is 0 Å². The molecule has 0 aromatic heterocycles. The van der Waals surface area contributed by atoms with Crippen LogP contribution in [0.1, 0.15) is 66.4 Å². The number of ether oxygens (including phenoxy) is 1. The number of hydrogen-bond donors (Lipinski definition) is 0. The molecule has 1 heteroatoms. The molecule has 0 aliphatic heterocycles. The van der Waals surface area contributed by atoms with Gasteiger partial charge in [0.05, 0.1) is 6.61 Å². The summed E-state index contributed by atoms with van der Waals surface area (Å²) in [7, 11) is 0. The van der Waals surface area contributed by atoms with Crippen molar-refractivity contribution in [3.05, 3.63) is 29.8 Å². The van der Waals surface area contributed by atoms with Crippen molar-refractivity contribution in [2.75, 3.05) is 6.61 Å². The average molecular weight is 278 g/mol. The molecule has 0 aliphatic rings. The van der Waals surface area contributed by atoms with Crippen LogP contribution in [0, 0.1) is 11.8 Å². The van der Waals surface area contributed by atoms with Crippen LogP contribution < -0.4 is 4.74 Å². The van der Waals surface area contributed by atoms with Crippen molar-refractivity contribution >= 4 is 0 Å². The number of rotatable bonds is 7. The Bertz CT molecular complexity index is 313. The van der Waals surface area contributed by atoms with Gasteiger partial charge in [0.25, 0.3) is 0 Å². The molecular weight excluding hydrogens is 244 g/mol. The first kappa shape index (κ1) is 19.0. The topological polar surface area (TPSA) is 9.23 Å². The van der Waals surface area contributed by atoms with E-state index in [4.69, 9.17) is 4.74 Å². The maximum absolute atomic E-state index is 5.45. The normalized spacial score (nSPS) is 11.8. The molecule has 1 nitrogen and oxygen atoms in total. The molecule has 1 aromatic carbocycles. The van der Waals surface area contributed by atoms with Crippen LogP contribution in [0.15, 0.2) is 24.3 Å². The monoisotopic (exact) mass is 278 g/mol. The van der Waals surface area contributed by atoms with E-state index in [0.717, 1.165) is 37.0 Å². The van der Waals surface area contributed by atoms with E-state index in [1.807, 2.05) is 12.1 Å². The van der Waals surface area contributed by atoms with Crippen LogP contribution in [0.2, 0.25) is 0 Å². The third-order valence-electron chi connectivity index (χ3n) is 3.38. The van der Waals surface area contributed by atoms with Gasteiger partial charge in [-0.25, -0.2) is 0 Å². The Morgan fingerprint density at radius 1 is 0.950 bits per heavy atom. The van der Waals surface area contributed by atoms with Crippen molar-refractivity contribution in [2.24, 2.45) is 11.8 Å². The number of benzene rings is 1. The average Bonchev–Trinajstić information content (AvgIpc) is 2.45. The smallest absolute Gasteiger partial charge is 0.119 e. The largest absolute Gasteiger partial charge is 0.494 e. The van der Waals surface area contributed by atoms with E-state index in [2.05, 4.69) is 53.7 Å². The molecular formula is C19H34O. The van der Waals surface area contributed by atoms with Gasteiger partial charge >= 0.3 is 0 Å². The molecule has 0 spiro atoms. The Kier molecular flexibility index (Phi) is 11.2. The molecule has 1 rings (SSSR count).